The van der Waals surface area contributed by atoms with E-state index in [1.54, 1.807) is 47.4 Å². The van der Waals surface area contributed by atoms with Gasteiger partial charge in [-0.1, -0.05) is 12.1 Å². The number of hydrogen-bond acceptors (Lipinski definition) is 6. The van der Waals surface area contributed by atoms with Gasteiger partial charge in [-0.3, -0.25) is 14.5 Å². The second-order valence-corrected chi connectivity index (χ2v) is 8.17. The van der Waals surface area contributed by atoms with Crippen LogP contribution >= 0.6 is 0 Å². The number of fused-ring (bicyclic) bond motifs is 3. The standard InChI is InChI=1S/C27H26N4O5/c1-3-35-20-11-9-19(10-12-20)28-25(32)17-36-23-13-8-18(16-24(23)34-2)26(33)31-15-14-30-22-7-5-4-6-21(22)29-27(30)31/h4-13,16H,3,14-15,17H2,1-2H3,(H,28,32). The molecule has 1 aliphatic rings. The summed E-state index contributed by atoms with van der Waals surface area (Å²) in [5, 5.41) is 2.78. The van der Waals surface area contributed by atoms with Crippen molar-refractivity contribution in [2.24, 2.45) is 0 Å². The maximum Gasteiger partial charge on any atom is 0.262 e. The van der Waals surface area contributed by atoms with Crippen LogP contribution in [0, 0.1) is 0 Å². The fourth-order valence-electron chi connectivity index (χ4n) is 4.20. The van der Waals surface area contributed by atoms with E-state index in [4.69, 9.17) is 14.2 Å². The number of imidazole rings is 1. The highest BCUT2D eigenvalue weighted by Crippen LogP contribution is 2.32. The lowest BCUT2D eigenvalue weighted by Gasteiger charge is -2.16. The molecule has 9 nitrogen and oxygen atoms in total. The Labute approximate surface area is 208 Å². The average Bonchev–Trinajstić information content (AvgIpc) is 3.48. The van der Waals surface area contributed by atoms with E-state index >= 15 is 0 Å². The number of hydrogen-bond donors (Lipinski definition) is 1. The average molecular weight is 487 g/mol. The van der Waals surface area contributed by atoms with Gasteiger partial charge < -0.3 is 24.1 Å². The van der Waals surface area contributed by atoms with E-state index in [0.29, 0.717) is 48.4 Å². The molecule has 0 unspecified atom stereocenters. The van der Waals surface area contributed by atoms with E-state index in [-0.39, 0.29) is 18.4 Å². The number of anilines is 2. The van der Waals surface area contributed by atoms with E-state index in [2.05, 4.69) is 10.3 Å². The van der Waals surface area contributed by atoms with Crippen LogP contribution in [0.4, 0.5) is 11.6 Å². The molecule has 1 aromatic heterocycles. The predicted octanol–water partition coefficient (Wildman–Crippen LogP) is 4.12. The smallest absolute Gasteiger partial charge is 0.262 e. The predicted molar refractivity (Wildman–Crippen MR) is 136 cm³/mol. The van der Waals surface area contributed by atoms with Crippen LogP contribution in [-0.2, 0) is 11.3 Å². The topological polar surface area (TPSA) is 94.9 Å². The van der Waals surface area contributed by atoms with Crippen LogP contribution < -0.4 is 24.4 Å². The van der Waals surface area contributed by atoms with Crippen molar-refractivity contribution in [2.75, 3.05) is 37.1 Å². The van der Waals surface area contributed by atoms with Crippen molar-refractivity contribution in [2.45, 2.75) is 13.5 Å². The van der Waals surface area contributed by atoms with Crippen LogP contribution in [0.1, 0.15) is 17.3 Å². The molecule has 4 aromatic rings. The summed E-state index contributed by atoms with van der Waals surface area (Å²) in [5.41, 5.74) is 2.94. The Morgan fingerprint density at radius 2 is 1.78 bits per heavy atom. The first-order chi connectivity index (χ1) is 17.6. The molecule has 0 spiro atoms. The Morgan fingerprint density at radius 1 is 0.972 bits per heavy atom. The van der Waals surface area contributed by atoms with E-state index in [9.17, 15) is 9.59 Å². The molecule has 2 heterocycles. The van der Waals surface area contributed by atoms with Gasteiger partial charge in [0.2, 0.25) is 5.95 Å². The van der Waals surface area contributed by atoms with E-state index < -0.39 is 0 Å². The van der Waals surface area contributed by atoms with Crippen molar-refractivity contribution in [1.82, 2.24) is 9.55 Å². The molecule has 0 saturated carbocycles. The monoisotopic (exact) mass is 486 g/mol. The summed E-state index contributed by atoms with van der Waals surface area (Å²) in [6, 6.07) is 19.8. The van der Waals surface area contributed by atoms with Crippen LogP contribution in [-0.4, -0.2) is 48.2 Å². The summed E-state index contributed by atoms with van der Waals surface area (Å²) < 4.78 is 18.6. The fourth-order valence-corrected chi connectivity index (χ4v) is 4.20. The number of aromatic nitrogens is 2. The molecule has 1 aliphatic heterocycles. The summed E-state index contributed by atoms with van der Waals surface area (Å²) in [6.07, 6.45) is 0. The number of amides is 2. The maximum absolute atomic E-state index is 13.3. The number of para-hydroxylation sites is 2. The molecule has 9 heteroatoms. The zero-order valence-electron chi connectivity index (χ0n) is 20.1. The summed E-state index contributed by atoms with van der Waals surface area (Å²) in [6.45, 7) is 3.49. The molecule has 0 saturated heterocycles. The Bertz CT molecular complexity index is 1410. The maximum atomic E-state index is 13.3. The molecule has 184 valence electrons. The number of ether oxygens (including phenoxy) is 3. The minimum Gasteiger partial charge on any atom is -0.494 e. The van der Waals surface area contributed by atoms with Crippen molar-refractivity contribution in [3.63, 3.8) is 0 Å². The molecule has 0 aliphatic carbocycles. The first-order valence-electron chi connectivity index (χ1n) is 11.7. The quantitative estimate of drug-likeness (QED) is 0.403. The molecule has 2 amide bonds. The molecular weight excluding hydrogens is 460 g/mol. The molecule has 0 bridgehead atoms. The van der Waals surface area contributed by atoms with Crippen LogP contribution in [0.25, 0.3) is 11.0 Å². The highest BCUT2D eigenvalue weighted by Gasteiger charge is 2.29. The molecule has 0 radical (unpaired) electrons. The second-order valence-electron chi connectivity index (χ2n) is 8.17. The normalized spacial score (nSPS) is 12.3. The molecule has 0 fully saturated rings. The zero-order valence-corrected chi connectivity index (χ0v) is 20.1. The molecule has 5 rings (SSSR count). The van der Waals surface area contributed by atoms with Crippen LogP contribution in [0.2, 0.25) is 0 Å². The number of carbonyl (C=O) groups excluding carboxylic acids is 2. The van der Waals surface area contributed by atoms with Crippen molar-refractivity contribution < 1.29 is 23.8 Å². The number of nitrogens with zero attached hydrogens (tertiary/aromatic N) is 3. The molecule has 3 aromatic carbocycles. The largest absolute Gasteiger partial charge is 0.494 e. The van der Waals surface area contributed by atoms with Gasteiger partial charge in [-0.05, 0) is 61.5 Å². The first-order valence-corrected chi connectivity index (χ1v) is 11.7. The van der Waals surface area contributed by atoms with Gasteiger partial charge in [0.05, 0.1) is 24.8 Å². The highest BCUT2D eigenvalue weighted by atomic mass is 16.5. The van der Waals surface area contributed by atoms with Gasteiger partial charge in [-0.2, -0.15) is 0 Å². The lowest BCUT2D eigenvalue weighted by atomic mass is 10.1. The van der Waals surface area contributed by atoms with Crippen molar-refractivity contribution >= 4 is 34.5 Å². The Hall–Kier alpha value is -4.53. The highest BCUT2D eigenvalue weighted by molar-refractivity contribution is 6.06. The van der Waals surface area contributed by atoms with Gasteiger partial charge in [0.25, 0.3) is 11.8 Å². The lowest BCUT2D eigenvalue weighted by molar-refractivity contribution is -0.118. The van der Waals surface area contributed by atoms with E-state index in [1.807, 2.05) is 35.8 Å². The fraction of sp³-hybridized carbons (Fsp3) is 0.222. The van der Waals surface area contributed by atoms with Crippen molar-refractivity contribution in [1.29, 1.82) is 0 Å². The Kier molecular flexibility index (Phi) is 6.44. The number of carbonyl (C=O) groups is 2. The summed E-state index contributed by atoms with van der Waals surface area (Å²) in [5.74, 6) is 1.59. The molecule has 1 N–H and O–H groups in total. The van der Waals surface area contributed by atoms with Gasteiger partial charge in [0.15, 0.2) is 18.1 Å². The molecule has 36 heavy (non-hydrogen) atoms. The SMILES string of the molecule is CCOc1ccc(NC(=O)COc2ccc(C(=O)N3CCn4c3nc3ccccc34)cc2OC)cc1. The van der Waals surface area contributed by atoms with Crippen molar-refractivity contribution in [3.05, 3.63) is 72.3 Å². The number of methoxy groups -OCH3 is 1. The minimum atomic E-state index is -0.322. The third-order valence-electron chi connectivity index (χ3n) is 5.89. The van der Waals surface area contributed by atoms with Crippen LogP contribution in [0.5, 0.6) is 17.2 Å². The number of rotatable bonds is 8. The lowest BCUT2D eigenvalue weighted by Crippen LogP contribution is -2.29. The number of benzene rings is 3. The summed E-state index contributed by atoms with van der Waals surface area (Å²) in [7, 11) is 1.49. The van der Waals surface area contributed by atoms with Crippen molar-refractivity contribution in [3.8, 4) is 17.2 Å². The second kappa shape index (κ2) is 9.99. The summed E-state index contributed by atoms with van der Waals surface area (Å²) >= 11 is 0. The summed E-state index contributed by atoms with van der Waals surface area (Å²) in [4.78, 5) is 32.0. The molecular formula is C27H26N4O5. The van der Waals surface area contributed by atoms with Gasteiger partial charge in [0, 0.05) is 24.3 Å². The third-order valence-corrected chi connectivity index (χ3v) is 5.89. The van der Waals surface area contributed by atoms with E-state index in [0.717, 1.165) is 16.8 Å². The Morgan fingerprint density at radius 3 is 2.56 bits per heavy atom. The van der Waals surface area contributed by atoms with Gasteiger partial charge in [-0.25, -0.2) is 4.98 Å². The zero-order chi connectivity index (χ0) is 25.1. The first kappa shape index (κ1) is 23.2. The molecule has 0 atom stereocenters. The third kappa shape index (κ3) is 4.55. The van der Waals surface area contributed by atoms with E-state index in [1.165, 1.54) is 7.11 Å². The van der Waals surface area contributed by atoms with Gasteiger partial charge in [0.1, 0.15) is 5.75 Å². The van der Waals surface area contributed by atoms with Crippen LogP contribution in [0.15, 0.2) is 66.7 Å². The van der Waals surface area contributed by atoms with Crippen LogP contribution in [0.3, 0.4) is 0 Å². The van der Waals surface area contributed by atoms with Gasteiger partial charge in [-0.15, -0.1) is 0 Å². The number of nitrogens with one attached hydrogen (secondary N) is 1. The van der Waals surface area contributed by atoms with Gasteiger partial charge >= 0.3 is 0 Å². The minimum absolute atomic E-state index is 0.179. The Balaban J connectivity index is 1.25.